The summed E-state index contributed by atoms with van der Waals surface area (Å²) in [5, 5.41) is 12.4. The molecule has 0 aromatic heterocycles. The third kappa shape index (κ3) is 4.39. The third-order valence-electron chi connectivity index (χ3n) is 2.31. The smallest absolute Gasteiger partial charge is 0.329 e. The van der Waals surface area contributed by atoms with Crippen LogP contribution in [0, 0.1) is 5.41 Å². The Bertz CT molecular complexity index is 268. The molecule has 0 bridgehead atoms. The molecule has 0 saturated carbocycles. The van der Waals surface area contributed by atoms with Gasteiger partial charge in [-0.15, -0.1) is 0 Å². The lowest BCUT2D eigenvalue weighted by atomic mass is 10.1. The van der Waals surface area contributed by atoms with Gasteiger partial charge in [-0.2, -0.15) is 0 Å². The van der Waals surface area contributed by atoms with Crippen molar-refractivity contribution in [1.29, 1.82) is 5.41 Å². The number of ether oxygens (including phenoxy) is 1. The molecule has 1 aliphatic rings. The SMILES string of the molecule is N=CCNCCCCC1NC(=O)COC1=O. The maximum absolute atomic E-state index is 11.2. The number of rotatable bonds is 7. The Morgan fingerprint density at radius 3 is 3.06 bits per heavy atom. The Morgan fingerprint density at radius 1 is 1.50 bits per heavy atom. The average Bonchev–Trinajstić information content (AvgIpc) is 2.28. The summed E-state index contributed by atoms with van der Waals surface area (Å²) in [4.78, 5) is 22.2. The van der Waals surface area contributed by atoms with Gasteiger partial charge < -0.3 is 20.8 Å². The zero-order valence-corrected chi connectivity index (χ0v) is 9.12. The molecule has 90 valence electrons. The number of hydrogen-bond donors (Lipinski definition) is 3. The quantitative estimate of drug-likeness (QED) is 0.309. The van der Waals surface area contributed by atoms with Gasteiger partial charge in [0.15, 0.2) is 6.61 Å². The molecule has 0 aromatic carbocycles. The van der Waals surface area contributed by atoms with Crippen LogP contribution in [0.25, 0.3) is 0 Å². The highest BCUT2D eigenvalue weighted by Crippen LogP contribution is 2.05. The minimum atomic E-state index is -0.482. The van der Waals surface area contributed by atoms with E-state index in [9.17, 15) is 9.59 Å². The van der Waals surface area contributed by atoms with Crippen LogP contribution in [0.4, 0.5) is 0 Å². The molecule has 1 heterocycles. The van der Waals surface area contributed by atoms with E-state index in [0.717, 1.165) is 19.4 Å². The highest BCUT2D eigenvalue weighted by Gasteiger charge is 2.27. The molecule has 16 heavy (non-hydrogen) atoms. The monoisotopic (exact) mass is 227 g/mol. The highest BCUT2D eigenvalue weighted by atomic mass is 16.5. The van der Waals surface area contributed by atoms with Crippen molar-refractivity contribution in [3.05, 3.63) is 0 Å². The predicted octanol–water partition coefficient (Wildman–Crippen LogP) is -0.563. The van der Waals surface area contributed by atoms with Gasteiger partial charge in [-0.1, -0.05) is 0 Å². The van der Waals surface area contributed by atoms with Crippen LogP contribution in [0.2, 0.25) is 0 Å². The van der Waals surface area contributed by atoms with Gasteiger partial charge in [0.05, 0.1) is 0 Å². The van der Waals surface area contributed by atoms with Crippen LogP contribution in [0.5, 0.6) is 0 Å². The number of hydrogen-bond acceptors (Lipinski definition) is 5. The Balaban J connectivity index is 2.09. The standard InChI is InChI=1S/C10H17N3O3/c11-4-6-12-5-2-1-3-8-10(15)16-7-9(14)13-8/h4,8,11-12H,1-3,5-7H2,(H,13,14). The zero-order chi connectivity index (χ0) is 11.8. The minimum Gasteiger partial charge on any atom is -0.454 e. The van der Waals surface area contributed by atoms with Crippen molar-refractivity contribution in [2.45, 2.75) is 25.3 Å². The molecule has 0 aromatic rings. The van der Waals surface area contributed by atoms with E-state index in [2.05, 4.69) is 10.6 Å². The Kier molecular flexibility index (Phi) is 5.49. The summed E-state index contributed by atoms with van der Waals surface area (Å²) in [5.41, 5.74) is 0. The number of amides is 1. The topological polar surface area (TPSA) is 91.3 Å². The minimum absolute atomic E-state index is 0.157. The van der Waals surface area contributed by atoms with Crippen molar-refractivity contribution in [1.82, 2.24) is 10.6 Å². The molecule has 3 N–H and O–H groups in total. The molecule has 1 amide bonds. The molecule has 0 radical (unpaired) electrons. The molecule has 0 aliphatic carbocycles. The molecule has 0 spiro atoms. The number of nitrogens with one attached hydrogen (secondary N) is 3. The first-order valence-corrected chi connectivity index (χ1v) is 5.39. The number of carbonyl (C=O) groups is 2. The van der Waals surface area contributed by atoms with Gasteiger partial charge in [0.2, 0.25) is 0 Å². The van der Waals surface area contributed by atoms with E-state index in [1.807, 2.05) is 0 Å². The van der Waals surface area contributed by atoms with Crippen molar-refractivity contribution in [2.24, 2.45) is 0 Å². The van der Waals surface area contributed by atoms with Crippen LogP contribution >= 0.6 is 0 Å². The summed E-state index contributed by atoms with van der Waals surface area (Å²) >= 11 is 0. The van der Waals surface area contributed by atoms with Crippen LogP contribution in [0.15, 0.2) is 0 Å². The lowest BCUT2D eigenvalue weighted by Crippen LogP contribution is -2.49. The molecule has 1 saturated heterocycles. The summed E-state index contributed by atoms with van der Waals surface area (Å²) in [6.45, 7) is 1.23. The van der Waals surface area contributed by atoms with Crippen molar-refractivity contribution in [2.75, 3.05) is 19.7 Å². The average molecular weight is 227 g/mol. The summed E-state index contributed by atoms with van der Waals surface area (Å²) in [6.07, 6.45) is 3.66. The first kappa shape index (κ1) is 12.6. The van der Waals surface area contributed by atoms with Crippen LogP contribution in [0.3, 0.4) is 0 Å². The van der Waals surface area contributed by atoms with Gasteiger partial charge in [0.1, 0.15) is 6.04 Å². The Hall–Kier alpha value is -1.43. The van der Waals surface area contributed by atoms with Gasteiger partial charge in [-0.3, -0.25) is 4.79 Å². The summed E-state index contributed by atoms with van der Waals surface area (Å²) in [5.74, 6) is -0.571. The van der Waals surface area contributed by atoms with E-state index in [1.54, 1.807) is 0 Å². The number of esters is 1. The van der Waals surface area contributed by atoms with Crippen LogP contribution in [0.1, 0.15) is 19.3 Å². The number of unbranched alkanes of at least 4 members (excludes halogenated alkanes) is 1. The van der Waals surface area contributed by atoms with Crippen molar-refractivity contribution >= 4 is 18.1 Å². The molecule has 1 fully saturated rings. The summed E-state index contributed by atoms with van der Waals surface area (Å²) < 4.78 is 4.70. The molecule has 1 unspecified atom stereocenters. The van der Waals surface area contributed by atoms with Crippen molar-refractivity contribution < 1.29 is 14.3 Å². The molecular weight excluding hydrogens is 210 g/mol. The van der Waals surface area contributed by atoms with Crippen LogP contribution in [-0.2, 0) is 14.3 Å². The molecular formula is C10H17N3O3. The van der Waals surface area contributed by atoms with E-state index < -0.39 is 6.04 Å². The van der Waals surface area contributed by atoms with Crippen molar-refractivity contribution in [3.8, 4) is 0 Å². The van der Waals surface area contributed by atoms with E-state index in [1.165, 1.54) is 6.21 Å². The first-order chi connectivity index (χ1) is 7.74. The summed E-state index contributed by atoms with van der Waals surface area (Å²) in [7, 11) is 0. The zero-order valence-electron chi connectivity index (χ0n) is 9.12. The molecule has 6 nitrogen and oxygen atoms in total. The number of cyclic esters (lactones) is 1. The van der Waals surface area contributed by atoms with Gasteiger partial charge in [0.25, 0.3) is 5.91 Å². The van der Waals surface area contributed by atoms with Crippen molar-refractivity contribution in [3.63, 3.8) is 0 Å². The summed E-state index contributed by atoms with van der Waals surface area (Å²) in [6, 6.07) is -0.482. The fourth-order valence-electron chi connectivity index (χ4n) is 1.49. The second-order valence-corrected chi connectivity index (χ2v) is 3.63. The fourth-order valence-corrected chi connectivity index (χ4v) is 1.49. The second-order valence-electron chi connectivity index (χ2n) is 3.63. The van der Waals surface area contributed by atoms with Gasteiger partial charge in [-0.25, -0.2) is 4.79 Å². The van der Waals surface area contributed by atoms with Gasteiger partial charge >= 0.3 is 5.97 Å². The molecule has 1 rings (SSSR count). The van der Waals surface area contributed by atoms with E-state index in [4.69, 9.17) is 10.1 Å². The van der Waals surface area contributed by atoms with Crippen LogP contribution in [-0.4, -0.2) is 43.8 Å². The van der Waals surface area contributed by atoms with Gasteiger partial charge in [-0.05, 0) is 25.8 Å². The van der Waals surface area contributed by atoms with E-state index in [0.29, 0.717) is 13.0 Å². The number of morpholine rings is 1. The maximum Gasteiger partial charge on any atom is 0.329 e. The van der Waals surface area contributed by atoms with E-state index in [-0.39, 0.29) is 18.5 Å². The Labute approximate surface area is 94.2 Å². The molecule has 1 aliphatic heterocycles. The van der Waals surface area contributed by atoms with Gasteiger partial charge in [0, 0.05) is 12.8 Å². The molecule has 6 heteroatoms. The predicted molar refractivity (Wildman–Crippen MR) is 58.4 cm³/mol. The lowest BCUT2D eigenvalue weighted by molar-refractivity contribution is -0.157. The first-order valence-electron chi connectivity index (χ1n) is 5.39. The largest absolute Gasteiger partial charge is 0.454 e. The van der Waals surface area contributed by atoms with Crippen LogP contribution < -0.4 is 10.6 Å². The van der Waals surface area contributed by atoms with E-state index >= 15 is 0 Å². The fraction of sp³-hybridized carbons (Fsp3) is 0.700. The number of carbonyl (C=O) groups excluding carboxylic acids is 2. The third-order valence-corrected chi connectivity index (χ3v) is 2.31. The normalized spacial score (nSPS) is 20.1. The highest BCUT2D eigenvalue weighted by molar-refractivity contribution is 5.90. The lowest BCUT2D eigenvalue weighted by Gasteiger charge is -2.21. The molecule has 1 atom stereocenters. The maximum atomic E-state index is 11.2. The Morgan fingerprint density at radius 2 is 2.31 bits per heavy atom. The second kappa shape index (κ2) is 6.95.